The van der Waals surface area contributed by atoms with Gasteiger partial charge in [0.15, 0.2) is 0 Å². The molecule has 0 aliphatic rings. The highest BCUT2D eigenvalue weighted by molar-refractivity contribution is 7.15. The Hall–Kier alpha value is -4.02. The van der Waals surface area contributed by atoms with Crippen molar-refractivity contribution in [2.45, 2.75) is 0 Å². The van der Waals surface area contributed by atoms with Gasteiger partial charge in [0.1, 0.15) is 17.1 Å². The van der Waals surface area contributed by atoms with E-state index in [9.17, 15) is 9.59 Å². The molecule has 3 aromatic heterocycles. The van der Waals surface area contributed by atoms with Crippen LogP contribution in [-0.4, -0.2) is 37.6 Å². The zero-order valence-corrected chi connectivity index (χ0v) is 18.6. The zero-order valence-electron chi connectivity index (χ0n) is 17.1. The van der Waals surface area contributed by atoms with Gasteiger partial charge in [0.25, 0.3) is 17.4 Å². The fraction of sp³-hybridized carbons (Fsp3) is 0.0455. The lowest BCUT2D eigenvalue weighted by Crippen LogP contribution is -2.24. The van der Waals surface area contributed by atoms with Gasteiger partial charge in [0, 0.05) is 27.7 Å². The summed E-state index contributed by atoms with van der Waals surface area (Å²) in [5.74, 6) is 0.508. The van der Waals surface area contributed by atoms with Crippen LogP contribution in [0.1, 0.15) is 10.4 Å². The van der Waals surface area contributed by atoms with Crippen LogP contribution in [0.3, 0.4) is 0 Å². The first kappa shape index (κ1) is 20.9. The number of hydrogen-bond acceptors (Lipinski definition) is 7. The molecule has 0 radical (unpaired) electrons. The van der Waals surface area contributed by atoms with Crippen molar-refractivity contribution in [1.82, 2.24) is 24.6 Å². The second-order valence-corrected chi connectivity index (χ2v) is 8.19. The van der Waals surface area contributed by atoms with Gasteiger partial charge in [0.05, 0.1) is 12.8 Å². The molecule has 5 aromatic rings. The molecule has 0 bridgehead atoms. The Morgan fingerprint density at radius 1 is 1.12 bits per heavy atom. The summed E-state index contributed by atoms with van der Waals surface area (Å²) < 4.78 is 6.83. The number of carbonyl (C=O) groups is 1. The Labute approximate surface area is 195 Å². The number of methoxy groups -OCH3 is 1. The number of aromatic amines is 1. The quantitative estimate of drug-likeness (QED) is 0.392. The van der Waals surface area contributed by atoms with Crippen molar-refractivity contribution in [3.63, 3.8) is 0 Å². The topological polar surface area (TPSA) is 114 Å². The molecule has 0 spiro atoms. The van der Waals surface area contributed by atoms with E-state index in [2.05, 4.69) is 25.4 Å². The summed E-state index contributed by atoms with van der Waals surface area (Å²) in [6.45, 7) is 0. The van der Waals surface area contributed by atoms with Crippen LogP contribution in [0.5, 0.6) is 5.75 Å². The van der Waals surface area contributed by atoms with Crippen LogP contribution in [0.15, 0.2) is 64.9 Å². The van der Waals surface area contributed by atoms with E-state index in [1.165, 1.54) is 17.5 Å². The summed E-state index contributed by atoms with van der Waals surface area (Å²) in [5, 5.41) is 9.43. The van der Waals surface area contributed by atoms with E-state index >= 15 is 0 Å². The summed E-state index contributed by atoms with van der Waals surface area (Å²) >= 11 is 7.27. The summed E-state index contributed by atoms with van der Waals surface area (Å²) in [7, 11) is 1.61. The van der Waals surface area contributed by atoms with Crippen LogP contribution >= 0.6 is 22.9 Å². The number of benzene rings is 2. The molecule has 33 heavy (non-hydrogen) atoms. The molecule has 5 rings (SSSR count). The molecule has 9 nitrogen and oxygen atoms in total. The van der Waals surface area contributed by atoms with E-state index in [4.69, 9.17) is 16.3 Å². The van der Waals surface area contributed by atoms with E-state index in [0.29, 0.717) is 21.4 Å². The zero-order chi connectivity index (χ0) is 22.9. The van der Waals surface area contributed by atoms with Crippen molar-refractivity contribution in [3.8, 4) is 28.4 Å². The molecule has 2 N–H and O–H groups in total. The van der Waals surface area contributed by atoms with Crippen LogP contribution in [0.2, 0.25) is 5.02 Å². The highest BCUT2D eigenvalue weighted by atomic mass is 35.5. The molecule has 1 amide bonds. The summed E-state index contributed by atoms with van der Waals surface area (Å²) in [5.41, 5.74) is 1.68. The third-order valence-electron chi connectivity index (χ3n) is 4.85. The SMILES string of the molecule is COc1ccc(-c2csc3nc(NC(=O)c4cnc(-c5ccc(Cl)cc5)[nH]c4=O)nn23)cc1. The smallest absolute Gasteiger partial charge is 0.265 e. The Balaban J connectivity index is 1.38. The van der Waals surface area contributed by atoms with E-state index in [1.54, 1.807) is 35.9 Å². The van der Waals surface area contributed by atoms with Crippen molar-refractivity contribution < 1.29 is 9.53 Å². The van der Waals surface area contributed by atoms with E-state index in [0.717, 1.165) is 17.0 Å². The van der Waals surface area contributed by atoms with Crippen molar-refractivity contribution >= 4 is 39.8 Å². The molecule has 2 aromatic carbocycles. The van der Waals surface area contributed by atoms with E-state index in [1.807, 2.05) is 29.6 Å². The number of ether oxygens (including phenoxy) is 1. The van der Waals surface area contributed by atoms with Crippen LogP contribution in [0.4, 0.5) is 5.95 Å². The van der Waals surface area contributed by atoms with Gasteiger partial charge in [-0.2, -0.15) is 4.98 Å². The Morgan fingerprint density at radius 3 is 2.55 bits per heavy atom. The highest BCUT2D eigenvalue weighted by Gasteiger charge is 2.17. The predicted octanol–water partition coefficient (Wildman–Crippen LogP) is 4.12. The molecule has 164 valence electrons. The van der Waals surface area contributed by atoms with Crippen LogP contribution in [0, 0.1) is 0 Å². The fourth-order valence-corrected chi connectivity index (χ4v) is 4.13. The Kier molecular flexibility index (Phi) is 5.37. The number of rotatable bonds is 5. The molecule has 11 heteroatoms. The number of anilines is 1. The number of H-pyrrole nitrogens is 1. The molecule has 0 aliphatic carbocycles. The second-order valence-electron chi connectivity index (χ2n) is 6.91. The van der Waals surface area contributed by atoms with Gasteiger partial charge in [0.2, 0.25) is 4.96 Å². The first-order valence-electron chi connectivity index (χ1n) is 9.67. The first-order valence-corrected chi connectivity index (χ1v) is 10.9. The number of fused-ring (bicyclic) bond motifs is 1. The molecule has 0 fully saturated rings. The lowest BCUT2D eigenvalue weighted by Gasteiger charge is -2.04. The van der Waals surface area contributed by atoms with E-state index in [-0.39, 0.29) is 11.5 Å². The third-order valence-corrected chi connectivity index (χ3v) is 5.92. The minimum atomic E-state index is -0.657. The minimum absolute atomic E-state index is 0.0859. The average Bonchev–Trinajstić information content (AvgIpc) is 3.39. The molecule has 3 heterocycles. The number of amides is 1. The molecular formula is C22H15ClN6O3S. The van der Waals surface area contributed by atoms with Crippen molar-refractivity contribution in [3.05, 3.63) is 81.0 Å². The fourth-order valence-electron chi connectivity index (χ4n) is 3.17. The Bertz CT molecular complexity index is 1520. The number of halogens is 1. The van der Waals surface area contributed by atoms with Crippen molar-refractivity contribution in [1.29, 1.82) is 0 Å². The maximum absolute atomic E-state index is 12.7. The monoisotopic (exact) mass is 478 g/mol. The van der Waals surface area contributed by atoms with Gasteiger partial charge >= 0.3 is 0 Å². The van der Waals surface area contributed by atoms with Crippen molar-refractivity contribution in [2.75, 3.05) is 12.4 Å². The van der Waals surface area contributed by atoms with Crippen LogP contribution < -0.4 is 15.6 Å². The summed E-state index contributed by atoms with van der Waals surface area (Å²) in [4.78, 5) is 36.9. The Morgan fingerprint density at radius 2 is 1.85 bits per heavy atom. The van der Waals surface area contributed by atoms with Gasteiger partial charge in [-0.05, 0) is 48.5 Å². The summed E-state index contributed by atoms with van der Waals surface area (Å²) in [6.07, 6.45) is 1.22. The van der Waals surface area contributed by atoms with Gasteiger partial charge in [-0.3, -0.25) is 14.9 Å². The maximum atomic E-state index is 12.7. The predicted molar refractivity (Wildman–Crippen MR) is 126 cm³/mol. The number of hydrogen-bond donors (Lipinski definition) is 2. The van der Waals surface area contributed by atoms with Gasteiger partial charge < -0.3 is 9.72 Å². The lowest BCUT2D eigenvalue weighted by molar-refractivity contribution is 0.102. The van der Waals surface area contributed by atoms with Gasteiger partial charge in [-0.15, -0.1) is 16.4 Å². The van der Waals surface area contributed by atoms with E-state index < -0.39 is 11.5 Å². The average molecular weight is 479 g/mol. The molecule has 0 atom stereocenters. The molecule has 0 aliphatic heterocycles. The van der Waals surface area contributed by atoms with Gasteiger partial charge in [-0.25, -0.2) is 9.50 Å². The summed E-state index contributed by atoms with van der Waals surface area (Å²) in [6, 6.07) is 14.4. The van der Waals surface area contributed by atoms with Crippen LogP contribution in [0.25, 0.3) is 27.6 Å². The number of nitrogens with one attached hydrogen (secondary N) is 2. The first-order chi connectivity index (χ1) is 16.0. The molecule has 0 saturated carbocycles. The highest BCUT2D eigenvalue weighted by Crippen LogP contribution is 2.27. The number of carbonyl (C=O) groups excluding carboxylic acids is 1. The van der Waals surface area contributed by atoms with Crippen molar-refractivity contribution in [2.24, 2.45) is 0 Å². The molecule has 0 unspecified atom stereocenters. The maximum Gasteiger partial charge on any atom is 0.265 e. The number of aromatic nitrogens is 5. The number of nitrogens with zero attached hydrogens (tertiary/aromatic N) is 4. The molecular weight excluding hydrogens is 464 g/mol. The minimum Gasteiger partial charge on any atom is -0.497 e. The van der Waals surface area contributed by atoms with Crippen LogP contribution in [-0.2, 0) is 0 Å². The second kappa shape index (κ2) is 8.49. The molecule has 0 saturated heterocycles. The normalized spacial score (nSPS) is 11.0. The largest absolute Gasteiger partial charge is 0.497 e. The lowest BCUT2D eigenvalue weighted by atomic mass is 10.2. The van der Waals surface area contributed by atoms with Gasteiger partial charge in [-0.1, -0.05) is 11.6 Å². The standard InChI is InChI=1S/C22H15ClN6O3S/c1-32-15-8-4-12(5-9-15)17-11-33-22-27-21(28-29(17)22)26-20(31)16-10-24-18(25-19(16)30)13-2-6-14(23)7-3-13/h2-11H,1H3,(H,24,25,30)(H,26,28,31). The third kappa shape index (κ3) is 4.09. The number of thiazole rings is 1.